The number of phosphoric ester groups is 1. The SMILES string of the molecule is CCCCCCCC/C=C\CCCCCCCC(=O)O[C@H](COC(=O)CCCCCCCCCCCCCC)COP(=O)(O)OC[C@@H](O)CO. The molecule has 296 valence electrons. The molecule has 0 aliphatic rings. The van der Waals surface area contributed by atoms with Gasteiger partial charge in [0, 0.05) is 12.8 Å². The fraction of sp³-hybridized carbons (Fsp3) is 0.897. The lowest BCUT2D eigenvalue weighted by Crippen LogP contribution is -2.29. The van der Waals surface area contributed by atoms with Gasteiger partial charge in [0.2, 0.25) is 0 Å². The molecule has 3 N–H and O–H groups in total. The van der Waals surface area contributed by atoms with E-state index in [-0.39, 0.29) is 19.4 Å². The molecule has 0 aliphatic carbocycles. The Morgan fingerprint density at radius 1 is 0.580 bits per heavy atom. The lowest BCUT2D eigenvalue weighted by molar-refractivity contribution is -0.161. The Bertz CT molecular complexity index is 853. The van der Waals surface area contributed by atoms with Crippen LogP contribution in [0.2, 0.25) is 0 Å². The van der Waals surface area contributed by atoms with E-state index in [0.29, 0.717) is 12.8 Å². The molecule has 0 saturated carbocycles. The first-order chi connectivity index (χ1) is 24.2. The minimum Gasteiger partial charge on any atom is -0.462 e. The van der Waals surface area contributed by atoms with E-state index in [1.165, 1.54) is 89.9 Å². The Balaban J connectivity index is 4.34. The van der Waals surface area contributed by atoms with E-state index in [1.54, 1.807) is 0 Å². The van der Waals surface area contributed by atoms with E-state index < -0.39 is 51.8 Å². The van der Waals surface area contributed by atoms with Crippen molar-refractivity contribution in [3.63, 3.8) is 0 Å². The predicted octanol–water partition coefficient (Wildman–Crippen LogP) is 10.1. The van der Waals surface area contributed by atoms with Crippen LogP contribution in [0.5, 0.6) is 0 Å². The van der Waals surface area contributed by atoms with E-state index in [2.05, 4.69) is 30.5 Å². The van der Waals surface area contributed by atoms with Gasteiger partial charge < -0.3 is 24.6 Å². The Morgan fingerprint density at radius 3 is 1.44 bits per heavy atom. The average Bonchev–Trinajstić information content (AvgIpc) is 3.10. The van der Waals surface area contributed by atoms with Crippen LogP contribution in [0.25, 0.3) is 0 Å². The molecule has 50 heavy (non-hydrogen) atoms. The fourth-order valence-electron chi connectivity index (χ4n) is 5.52. The summed E-state index contributed by atoms with van der Waals surface area (Å²) in [5.74, 6) is -0.928. The Morgan fingerprint density at radius 2 is 0.980 bits per heavy atom. The first kappa shape index (κ1) is 48.7. The molecular weight excluding hydrogens is 659 g/mol. The highest BCUT2D eigenvalue weighted by Crippen LogP contribution is 2.43. The van der Waals surface area contributed by atoms with E-state index in [4.69, 9.17) is 19.1 Å². The topological polar surface area (TPSA) is 149 Å². The Hall–Kier alpha value is -1.29. The van der Waals surface area contributed by atoms with Gasteiger partial charge in [-0.25, -0.2) is 4.57 Å². The molecule has 0 aromatic heterocycles. The largest absolute Gasteiger partial charge is 0.472 e. The molecule has 0 spiro atoms. The summed E-state index contributed by atoms with van der Waals surface area (Å²) in [5.41, 5.74) is 0. The molecule has 0 rings (SSSR count). The number of hydrogen-bond acceptors (Lipinski definition) is 9. The van der Waals surface area contributed by atoms with Crippen molar-refractivity contribution in [2.24, 2.45) is 0 Å². The third-order valence-electron chi connectivity index (χ3n) is 8.67. The smallest absolute Gasteiger partial charge is 0.462 e. The summed E-state index contributed by atoms with van der Waals surface area (Å²) in [6.45, 7) is 2.37. The molecule has 11 heteroatoms. The number of phosphoric acid groups is 1. The van der Waals surface area contributed by atoms with Gasteiger partial charge in [0.1, 0.15) is 12.7 Å². The van der Waals surface area contributed by atoms with Gasteiger partial charge in [-0.15, -0.1) is 0 Å². The molecule has 3 atom stereocenters. The molecule has 0 fully saturated rings. The molecule has 0 saturated heterocycles. The lowest BCUT2D eigenvalue weighted by Gasteiger charge is -2.20. The Labute approximate surface area is 305 Å². The van der Waals surface area contributed by atoms with Crippen LogP contribution in [-0.2, 0) is 32.7 Å². The third-order valence-corrected chi connectivity index (χ3v) is 9.62. The first-order valence-corrected chi connectivity index (χ1v) is 21.6. The maximum absolute atomic E-state index is 12.6. The minimum absolute atomic E-state index is 0.178. The number of rotatable bonds is 38. The van der Waals surface area contributed by atoms with E-state index in [9.17, 15) is 24.2 Å². The summed E-state index contributed by atoms with van der Waals surface area (Å²) in [6, 6.07) is 0. The number of ether oxygens (including phenoxy) is 2. The molecule has 0 aromatic rings. The van der Waals surface area contributed by atoms with Crippen LogP contribution < -0.4 is 0 Å². The average molecular weight is 735 g/mol. The van der Waals surface area contributed by atoms with Gasteiger partial charge in [-0.3, -0.25) is 18.6 Å². The molecule has 0 bridgehead atoms. The monoisotopic (exact) mass is 735 g/mol. The van der Waals surface area contributed by atoms with Crippen LogP contribution in [-0.4, -0.2) is 65.7 Å². The highest BCUT2D eigenvalue weighted by molar-refractivity contribution is 7.47. The van der Waals surface area contributed by atoms with Crippen molar-refractivity contribution in [1.29, 1.82) is 0 Å². The van der Waals surface area contributed by atoms with Crippen LogP contribution in [0.15, 0.2) is 12.2 Å². The number of allylic oxidation sites excluding steroid dienone is 2. The van der Waals surface area contributed by atoms with Crippen molar-refractivity contribution in [3.8, 4) is 0 Å². The lowest BCUT2D eigenvalue weighted by atomic mass is 10.0. The zero-order valence-corrected chi connectivity index (χ0v) is 32.8. The fourth-order valence-corrected chi connectivity index (χ4v) is 6.31. The van der Waals surface area contributed by atoms with Crippen molar-refractivity contribution < 1.29 is 47.8 Å². The predicted molar refractivity (Wildman–Crippen MR) is 201 cm³/mol. The molecule has 10 nitrogen and oxygen atoms in total. The van der Waals surface area contributed by atoms with Gasteiger partial charge >= 0.3 is 19.8 Å². The third kappa shape index (κ3) is 35.1. The number of aliphatic hydroxyl groups is 2. The second-order valence-corrected chi connectivity index (χ2v) is 15.1. The van der Waals surface area contributed by atoms with Gasteiger partial charge in [0.25, 0.3) is 0 Å². The second-order valence-electron chi connectivity index (χ2n) is 13.7. The Kier molecular flexibility index (Phi) is 35.2. The molecule has 0 aliphatic heterocycles. The number of unbranched alkanes of at least 4 members (excludes halogenated alkanes) is 22. The summed E-state index contributed by atoms with van der Waals surface area (Å²) in [7, 11) is -4.61. The number of esters is 2. The quantitative estimate of drug-likeness (QED) is 0.0242. The number of carbonyl (C=O) groups is 2. The summed E-state index contributed by atoms with van der Waals surface area (Å²) < 4.78 is 32.6. The van der Waals surface area contributed by atoms with Crippen LogP contribution in [0.1, 0.15) is 187 Å². The van der Waals surface area contributed by atoms with Crippen LogP contribution >= 0.6 is 7.82 Å². The highest BCUT2D eigenvalue weighted by Gasteiger charge is 2.27. The molecule has 0 amide bonds. The van der Waals surface area contributed by atoms with Gasteiger partial charge in [-0.1, -0.05) is 148 Å². The normalized spacial score (nSPS) is 14.1. The summed E-state index contributed by atoms with van der Waals surface area (Å²) >= 11 is 0. The second kappa shape index (κ2) is 36.1. The maximum Gasteiger partial charge on any atom is 0.472 e. The highest BCUT2D eigenvalue weighted by atomic mass is 31.2. The molecule has 1 unspecified atom stereocenters. The van der Waals surface area contributed by atoms with Gasteiger partial charge in [-0.2, -0.15) is 0 Å². The van der Waals surface area contributed by atoms with Crippen molar-refractivity contribution in [2.75, 3.05) is 26.4 Å². The van der Waals surface area contributed by atoms with Crippen LogP contribution in [0, 0.1) is 0 Å². The van der Waals surface area contributed by atoms with Crippen molar-refractivity contribution in [2.45, 2.75) is 199 Å². The number of carbonyl (C=O) groups excluding carboxylic acids is 2. The van der Waals surface area contributed by atoms with Gasteiger partial charge in [0.15, 0.2) is 6.10 Å². The van der Waals surface area contributed by atoms with Crippen molar-refractivity contribution in [3.05, 3.63) is 12.2 Å². The maximum atomic E-state index is 12.6. The van der Waals surface area contributed by atoms with Crippen molar-refractivity contribution >= 4 is 19.8 Å². The van der Waals surface area contributed by atoms with Gasteiger partial charge in [0.05, 0.1) is 19.8 Å². The molecular formula is C39H75O10P. The zero-order valence-electron chi connectivity index (χ0n) is 31.9. The molecule has 0 aromatic carbocycles. The summed E-state index contributed by atoms with van der Waals surface area (Å²) in [5, 5.41) is 18.3. The molecule has 0 heterocycles. The van der Waals surface area contributed by atoms with E-state index >= 15 is 0 Å². The van der Waals surface area contributed by atoms with Crippen LogP contribution in [0.3, 0.4) is 0 Å². The van der Waals surface area contributed by atoms with Crippen molar-refractivity contribution in [1.82, 2.24) is 0 Å². The summed E-state index contributed by atoms with van der Waals surface area (Å²) in [6.07, 6.45) is 31.8. The first-order valence-electron chi connectivity index (χ1n) is 20.1. The molecule has 0 radical (unpaired) electrons. The van der Waals surface area contributed by atoms with E-state index in [0.717, 1.165) is 57.8 Å². The van der Waals surface area contributed by atoms with Gasteiger partial charge in [-0.05, 0) is 38.5 Å². The van der Waals surface area contributed by atoms with Crippen LogP contribution in [0.4, 0.5) is 0 Å². The minimum atomic E-state index is -4.61. The zero-order chi connectivity index (χ0) is 37.0. The number of hydrogen-bond donors (Lipinski definition) is 3. The van der Waals surface area contributed by atoms with E-state index in [1.807, 2.05) is 0 Å². The number of aliphatic hydroxyl groups excluding tert-OH is 2. The summed E-state index contributed by atoms with van der Waals surface area (Å²) in [4.78, 5) is 34.8. The standard InChI is InChI=1S/C39H75O10P/c1-3-5-7-9-11-13-15-17-18-19-21-23-25-27-29-31-39(43)49-37(35-48-50(44,45)47-33-36(41)32-40)34-46-38(42)30-28-26-24-22-20-16-14-12-10-8-6-4-2/h17-18,36-37,40-41H,3-16,19-35H2,1-2H3,(H,44,45)/b18-17-/t36-,37+/m0/s1.